The van der Waals surface area contributed by atoms with E-state index in [0.29, 0.717) is 10.0 Å². The number of rotatable bonds is 2. The summed E-state index contributed by atoms with van der Waals surface area (Å²) >= 11 is 12.9. The van der Waals surface area contributed by atoms with Crippen LogP contribution < -0.4 is 10.1 Å². The first kappa shape index (κ1) is 17.6. The van der Waals surface area contributed by atoms with Gasteiger partial charge in [0.2, 0.25) is 0 Å². The Balaban J connectivity index is 1.72. The van der Waals surface area contributed by atoms with Crippen LogP contribution in [-0.4, -0.2) is 0 Å². The fraction of sp³-hybridized carbons (Fsp3) is 0.0833. The Labute approximate surface area is 173 Å². The summed E-state index contributed by atoms with van der Waals surface area (Å²) in [5, 5.41) is 7.15. The Morgan fingerprint density at radius 1 is 0.679 bits per heavy atom. The van der Waals surface area contributed by atoms with E-state index in [0.717, 1.165) is 22.4 Å². The molecule has 0 aliphatic carbocycles. The summed E-state index contributed by atoms with van der Waals surface area (Å²) in [6, 6.07) is 28.3. The van der Waals surface area contributed by atoms with E-state index in [1.54, 1.807) is 0 Å². The highest BCUT2D eigenvalue weighted by molar-refractivity contribution is 6.36. The molecule has 1 heterocycles. The molecule has 1 aliphatic heterocycles. The highest BCUT2D eigenvalue weighted by Gasteiger charge is 2.33. The minimum absolute atomic E-state index is 0.0478. The van der Waals surface area contributed by atoms with Crippen molar-refractivity contribution in [1.82, 2.24) is 5.32 Å². The van der Waals surface area contributed by atoms with Gasteiger partial charge in [0.25, 0.3) is 0 Å². The molecule has 2 nitrogen and oxygen atoms in total. The molecule has 0 amide bonds. The molecule has 4 aromatic carbocycles. The van der Waals surface area contributed by atoms with E-state index in [1.165, 1.54) is 10.8 Å². The van der Waals surface area contributed by atoms with Gasteiger partial charge in [-0.05, 0) is 34.5 Å². The van der Waals surface area contributed by atoms with Crippen molar-refractivity contribution in [3.63, 3.8) is 0 Å². The smallest absolute Gasteiger partial charge is 0.180 e. The predicted octanol–water partition coefficient (Wildman–Crippen LogP) is 6.92. The summed E-state index contributed by atoms with van der Waals surface area (Å²) in [7, 11) is 0. The van der Waals surface area contributed by atoms with Crippen LogP contribution in [0.2, 0.25) is 10.0 Å². The van der Waals surface area contributed by atoms with Gasteiger partial charge in [0, 0.05) is 11.1 Å². The minimum atomic E-state index is -0.444. The zero-order chi connectivity index (χ0) is 19.1. The summed E-state index contributed by atoms with van der Waals surface area (Å²) in [5.41, 5.74) is 3.05. The molecule has 0 bridgehead atoms. The number of hydrogen-bond donors (Lipinski definition) is 1. The maximum atomic E-state index is 6.47. The number of halogens is 2. The highest BCUT2D eigenvalue weighted by atomic mass is 35.5. The second-order valence-electron chi connectivity index (χ2n) is 6.84. The van der Waals surface area contributed by atoms with Crippen LogP contribution in [0.25, 0.3) is 10.8 Å². The van der Waals surface area contributed by atoms with E-state index >= 15 is 0 Å². The Bertz CT molecular complexity index is 1140. The molecule has 0 aromatic heterocycles. The van der Waals surface area contributed by atoms with Crippen LogP contribution in [-0.2, 0) is 0 Å². The molecule has 0 radical (unpaired) electrons. The Hall–Kier alpha value is -2.52. The number of hydrogen-bond acceptors (Lipinski definition) is 2. The van der Waals surface area contributed by atoms with Crippen LogP contribution >= 0.6 is 23.2 Å². The quantitative estimate of drug-likeness (QED) is 0.390. The maximum absolute atomic E-state index is 6.47. The summed E-state index contributed by atoms with van der Waals surface area (Å²) in [6.07, 6.45) is -0.444. The Kier molecular flexibility index (Phi) is 4.48. The lowest BCUT2D eigenvalue weighted by Crippen LogP contribution is -2.36. The van der Waals surface area contributed by atoms with Crippen molar-refractivity contribution < 1.29 is 4.74 Å². The first-order chi connectivity index (χ1) is 13.7. The summed E-state index contributed by atoms with van der Waals surface area (Å²) in [5.74, 6) is 0.840. The lowest BCUT2D eigenvalue weighted by atomic mass is 9.91. The number of fused-ring (bicyclic) bond motifs is 3. The fourth-order valence-electron chi connectivity index (χ4n) is 3.88. The molecule has 0 fully saturated rings. The van der Waals surface area contributed by atoms with Gasteiger partial charge in [-0.25, -0.2) is 0 Å². The van der Waals surface area contributed by atoms with Crippen LogP contribution in [0.4, 0.5) is 0 Å². The molecular weight excluding hydrogens is 389 g/mol. The lowest BCUT2D eigenvalue weighted by Gasteiger charge is -2.35. The molecule has 0 saturated carbocycles. The Morgan fingerprint density at radius 2 is 1.39 bits per heavy atom. The summed E-state index contributed by atoms with van der Waals surface area (Å²) in [6.45, 7) is 0. The molecule has 28 heavy (non-hydrogen) atoms. The van der Waals surface area contributed by atoms with Gasteiger partial charge in [-0.15, -0.1) is 0 Å². The highest BCUT2D eigenvalue weighted by Crippen LogP contribution is 2.44. The van der Waals surface area contributed by atoms with Crippen molar-refractivity contribution in [2.24, 2.45) is 0 Å². The van der Waals surface area contributed by atoms with Crippen molar-refractivity contribution >= 4 is 34.0 Å². The van der Waals surface area contributed by atoms with Crippen LogP contribution in [0.1, 0.15) is 29.0 Å². The van der Waals surface area contributed by atoms with E-state index in [9.17, 15) is 0 Å². The molecule has 0 saturated heterocycles. The van der Waals surface area contributed by atoms with Crippen LogP contribution in [0.5, 0.6) is 5.75 Å². The number of benzene rings is 4. The average Bonchev–Trinajstić information content (AvgIpc) is 2.73. The van der Waals surface area contributed by atoms with Gasteiger partial charge in [0.05, 0.1) is 16.1 Å². The average molecular weight is 406 g/mol. The fourth-order valence-corrected chi connectivity index (χ4v) is 4.48. The third-order valence-corrected chi connectivity index (χ3v) is 5.84. The maximum Gasteiger partial charge on any atom is 0.180 e. The molecule has 4 aromatic rings. The van der Waals surface area contributed by atoms with E-state index in [2.05, 4.69) is 59.9 Å². The molecule has 1 N–H and O–H groups in total. The van der Waals surface area contributed by atoms with Crippen molar-refractivity contribution in [3.05, 3.63) is 112 Å². The van der Waals surface area contributed by atoms with Crippen molar-refractivity contribution in [1.29, 1.82) is 0 Å². The second-order valence-corrected chi connectivity index (χ2v) is 7.66. The third-order valence-electron chi connectivity index (χ3n) is 5.18. The van der Waals surface area contributed by atoms with Gasteiger partial charge < -0.3 is 4.74 Å². The molecule has 138 valence electrons. The normalized spacial score (nSPS) is 18.5. The van der Waals surface area contributed by atoms with Gasteiger partial charge in [-0.1, -0.05) is 89.9 Å². The van der Waals surface area contributed by atoms with Crippen molar-refractivity contribution in [2.45, 2.75) is 12.3 Å². The Morgan fingerprint density at radius 3 is 2.18 bits per heavy atom. The van der Waals surface area contributed by atoms with Crippen molar-refractivity contribution in [2.75, 3.05) is 0 Å². The van der Waals surface area contributed by atoms with Gasteiger partial charge in [-0.3, -0.25) is 5.32 Å². The zero-order valence-corrected chi connectivity index (χ0v) is 16.4. The third kappa shape index (κ3) is 2.94. The van der Waals surface area contributed by atoms with Gasteiger partial charge in [0.15, 0.2) is 6.23 Å². The molecule has 1 aliphatic rings. The van der Waals surface area contributed by atoms with Gasteiger partial charge in [0.1, 0.15) is 5.75 Å². The SMILES string of the molecule is Clc1cccc(Cl)c1[C@@H]1N[C@@H](c2ccccc2)c2c(ccc3ccccc23)O1. The topological polar surface area (TPSA) is 21.3 Å². The van der Waals surface area contributed by atoms with E-state index in [-0.39, 0.29) is 6.04 Å². The molecule has 5 rings (SSSR count). The molecule has 4 heteroatoms. The molecule has 0 unspecified atom stereocenters. The molecule has 2 atom stereocenters. The van der Waals surface area contributed by atoms with Gasteiger partial charge >= 0.3 is 0 Å². The standard InChI is InChI=1S/C24H17Cl2NO/c25-18-11-6-12-19(26)22(18)24-27-23(16-8-2-1-3-9-16)21-17-10-5-4-7-15(17)13-14-20(21)28-24/h1-14,23-24,27H/t23-,24+/m0/s1. The van der Waals surface area contributed by atoms with Crippen LogP contribution in [0, 0.1) is 0 Å². The van der Waals surface area contributed by atoms with E-state index in [1.807, 2.05) is 30.3 Å². The summed E-state index contributed by atoms with van der Waals surface area (Å²) in [4.78, 5) is 0. The predicted molar refractivity (Wildman–Crippen MR) is 115 cm³/mol. The monoisotopic (exact) mass is 405 g/mol. The summed E-state index contributed by atoms with van der Waals surface area (Å²) < 4.78 is 6.36. The van der Waals surface area contributed by atoms with Gasteiger partial charge in [-0.2, -0.15) is 0 Å². The molecular formula is C24H17Cl2NO. The van der Waals surface area contributed by atoms with E-state index < -0.39 is 6.23 Å². The van der Waals surface area contributed by atoms with Crippen LogP contribution in [0.15, 0.2) is 84.9 Å². The minimum Gasteiger partial charge on any atom is -0.471 e. The largest absolute Gasteiger partial charge is 0.471 e. The lowest BCUT2D eigenvalue weighted by molar-refractivity contribution is 0.134. The zero-order valence-electron chi connectivity index (χ0n) is 14.9. The molecule has 0 spiro atoms. The van der Waals surface area contributed by atoms with E-state index in [4.69, 9.17) is 27.9 Å². The van der Waals surface area contributed by atoms with Crippen molar-refractivity contribution in [3.8, 4) is 5.75 Å². The second kappa shape index (κ2) is 7.14. The first-order valence-corrected chi connectivity index (χ1v) is 9.91. The van der Waals surface area contributed by atoms with Crippen LogP contribution in [0.3, 0.4) is 0 Å². The number of ether oxygens (including phenoxy) is 1. The number of nitrogens with one attached hydrogen (secondary N) is 1. The first-order valence-electron chi connectivity index (χ1n) is 9.15.